The lowest BCUT2D eigenvalue weighted by Gasteiger charge is -2.37. The van der Waals surface area contributed by atoms with Gasteiger partial charge in [-0.25, -0.2) is 8.42 Å². The minimum Gasteiger partial charge on any atom is -0.379 e. The van der Waals surface area contributed by atoms with Crippen molar-refractivity contribution in [3.63, 3.8) is 0 Å². The highest BCUT2D eigenvalue weighted by molar-refractivity contribution is 7.88. The number of hydrogen-bond donors (Lipinski definition) is 0. The molecule has 1 atom stereocenters. The molecule has 0 fully saturated rings. The van der Waals surface area contributed by atoms with Gasteiger partial charge in [-0.15, -0.1) is 0 Å². The van der Waals surface area contributed by atoms with Crippen LogP contribution in [0.1, 0.15) is 48.0 Å². The van der Waals surface area contributed by atoms with Gasteiger partial charge in [0.25, 0.3) is 0 Å². The molecule has 0 aliphatic rings. The zero-order valence-electron chi connectivity index (χ0n) is 13.8. The first-order valence-corrected chi connectivity index (χ1v) is 8.73. The van der Waals surface area contributed by atoms with Gasteiger partial charge in [-0.1, -0.05) is 27.7 Å². The highest BCUT2D eigenvalue weighted by atomic mass is 32.2. The van der Waals surface area contributed by atoms with Crippen LogP contribution in [0.3, 0.4) is 0 Å². The molecule has 0 bridgehead atoms. The molecule has 4 nitrogen and oxygen atoms in total. The lowest BCUT2D eigenvalue weighted by Crippen LogP contribution is -2.48. The van der Waals surface area contributed by atoms with Gasteiger partial charge in [0, 0.05) is 7.05 Å². The second-order valence-electron chi connectivity index (χ2n) is 6.70. The molecule has 0 rings (SSSR count). The molecular weight excluding hydrogens is 262 g/mol. The highest BCUT2D eigenvalue weighted by Gasteiger charge is 2.32. The molecule has 0 saturated heterocycles. The summed E-state index contributed by atoms with van der Waals surface area (Å²) >= 11 is 0. The third-order valence-electron chi connectivity index (χ3n) is 4.44. The number of sulfonamides is 1. The summed E-state index contributed by atoms with van der Waals surface area (Å²) in [4.78, 5) is 0. The van der Waals surface area contributed by atoms with Crippen LogP contribution in [0.2, 0.25) is 0 Å². The standard InChI is InChI=1S/C14H31NO3S/c1-9-14(6,12(2)3)11-18-10-13(4,5)15(7)19(8,16)17/h12H,9-11H2,1-8H3. The lowest BCUT2D eigenvalue weighted by molar-refractivity contribution is -0.0110. The van der Waals surface area contributed by atoms with Crippen LogP contribution in [0.5, 0.6) is 0 Å². The summed E-state index contributed by atoms with van der Waals surface area (Å²) in [7, 11) is -1.60. The van der Waals surface area contributed by atoms with Crippen molar-refractivity contribution in [2.75, 3.05) is 26.5 Å². The molecular formula is C14H31NO3S. The predicted octanol–water partition coefficient (Wildman–Crippen LogP) is 2.75. The fourth-order valence-corrected chi connectivity index (χ4v) is 2.70. The summed E-state index contributed by atoms with van der Waals surface area (Å²) in [5.41, 5.74) is -0.390. The zero-order chi connectivity index (χ0) is 15.5. The van der Waals surface area contributed by atoms with Crippen molar-refractivity contribution >= 4 is 10.0 Å². The van der Waals surface area contributed by atoms with E-state index in [1.54, 1.807) is 7.05 Å². The van der Waals surface area contributed by atoms with Gasteiger partial charge in [-0.2, -0.15) is 4.31 Å². The van der Waals surface area contributed by atoms with Crippen LogP contribution in [-0.4, -0.2) is 44.8 Å². The van der Waals surface area contributed by atoms with Crippen LogP contribution in [0.15, 0.2) is 0 Å². The Morgan fingerprint density at radius 2 is 1.63 bits per heavy atom. The van der Waals surface area contributed by atoms with E-state index in [-0.39, 0.29) is 5.41 Å². The maximum Gasteiger partial charge on any atom is 0.211 e. The van der Waals surface area contributed by atoms with Crippen molar-refractivity contribution in [2.45, 2.75) is 53.5 Å². The molecule has 0 aliphatic heterocycles. The van der Waals surface area contributed by atoms with Crippen LogP contribution < -0.4 is 0 Å². The van der Waals surface area contributed by atoms with Crippen molar-refractivity contribution in [3.05, 3.63) is 0 Å². The van der Waals surface area contributed by atoms with E-state index in [9.17, 15) is 8.42 Å². The molecule has 0 saturated carbocycles. The number of hydrogen-bond acceptors (Lipinski definition) is 3. The first-order chi connectivity index (χ1) is 8.37. The number of nitrogens with zero attached hydrogens (tertiary/aromatic N) is 1. The average Bonchev–Trinajstić information content (AvgIpc) is 2.25. The van der Waals surface area contributed by atoms with Crippen LogP contribution in [0.25, 0.3) is 0 Å². The minimum atomic E-state index is -3.19. The summed E-state index contributed by atoms with van der Waals surface area (Å²) in [5.74, 6) is 0.535. The molecule has 0 aliphatic carbocycles. The quantitative estimate of drug-likeness (QED) is 0.691. The van der Waals surface area contributed by atoms with Gasteiger partial charge in [0.15, 0.2) is 0 Å². The number of likely N-dealkylation sites (N-methyl/N-ethyl adjacent to an activating group) is 1. The molecule has 0 amide bonds. The first kappa shape index (κ1) is 18.9. The second-order valence-corrected chi connectivity index (χ2v) is 8.71. The lowest BCUT2D eigenvalue weighted by atomic mass is 9.78. The Morgan fingerprint density at radius 3 is 1.95 bits per heavy atom. The minimum absolute atomic E-state index is 0.139. The third kappa shape index (κ3) is 5.40. The topological polar surface area (TPSA) is 46.6 Å². The molecule has 0 aromatic carbocycles. The van der Waals surface area contributed by atoms with Crippen LogP contribution in [0.4, 0.5) is 0 Å². The van der Waals surface area contributed by atoms with E-state index in [4.69, 9.17) is 4.74 Å². The average molecular weight is 293 g/mol. The van der Waals surface area contributed by atoms with Gasteiger partial charge in [-0.05, 0) is 31.6 Å². The Kier molecular flexibility index (Phi) is 6.50. The molecule has 0 heterocycles. The molecule has 0 aromatic rings. The summed E-state index contributed by atoms with van der Waals surface area (Å²) < 4.78 is 30.3. The molecule has 0 spiro atoms. The molecule has 5 heteroatoms. The molecule has 0 aromatic heterocycles. The Bertz CT molecular complexity index is 376. The highest BCUT2D eigenvalue weighted by Crippen LogP contribution is 2.31. The van der Waals surface area contributed by atoms with Gasteiger partial charge >= 0.3 is 0 Å². The molecule has 19 heavy (non-hydrogen) atoms. The van der Waals surface area contributed by atoms with E-state index < -0.39 is 15.6 Å². The third-order valence-corrected chi connectivity index (χ3v) is 5.93. The van der Waals surface area contributed by atoms with Crippen molar-refractivity contribution < 1.29 is 13.2 Å². The largest absolute Gasteiger partial charge is 0.379 e. The summed E-state index contributed by atoms with van der Waals surface area (Å²) in [6, 6.07) is 0. The van der Waals surface area contributed by atoms with E-state index in [0.717, 1.165) is 6.42 Å². The van der Waals surface area contributed by atoms with Crippen molar-refractivity contribution in [1.82, 2.24) is 4.31 Å². The first-order valence-electron chi connectivity index (χ1n) is 6.88. The van der Waals surface area contributed by atoms with Gasteiger partial charge in [0.05, 0.1) is 25.0 Å². The summed E-state index contributed by atoms with van der Waals surface area (Å²) in [5, 5.41) is 0. The SMILES string of the molecule is CCC(C)(COCC(C)(C)N(C)S(C)(=O)=O)C(C)C. The van der Waals surface area contributed by atoms with Gasteiger partial charge in [-0.3, -0.25) is 0 Å². The Balaban J connectivity index is 4.57. The monoisotopic (exact) mass is 293 g/mol. The van der Waals surface area contributed by atoms with E-state index in [1.165, 1.54) is 10.6 Å². The number of ether oxygens (including phenoxy) is 1. The van der Waals surface area contributed by atoms with E-state index in [1.807, 2.05) is 13.8 Å². The fourth-order valence-electron chi connectivity index (χ4n) is 1.75. The van der Waals surface area contributed by atoms with Crippen molar-refractivity contribution in [1.29, 1.82) is 0 Å². The van der Waals surface area contributed by atoms with E-state index >= 15 is 0 Å². The Labute approximate surface area is 119 Å². The van der Waals surface area contributed by atoms with E-state index in [0.29, 0.717) is 19.1 Å². The number of rotatable bonds is 8. The van der Waals surface area contributed by atoms with Gasteiger partial charge in [0.1, 0.15) is 0 Å². The molecule has 0 N–H and O–H groups in total. The zero-order valence-corrected chi connectivity index (χ0v) is 14.6. The van der Waals surface area contributed by atoms with Crippen LogP contribution in [0, 0.1) is 11.3 Å². The van der Waals surface area contributed by atoms with Crippen LogP contribution in [-0.2, 0) is 14.8 Å². The Hall–Kier alpha value is -0.130. The fraction of sp³-hybridized carbons (Fsp3) is 1.00. The Morgan fingerprint density at radius 1 is 1.16 bits per heavy atom. The molecule has 116 valence electrons. The molecule has 0 radical (unpaired) electrons. The second kappa shape index (κ2) is 6.55. The predicted molar refractivity (Wildman–Crippen MR) is 80.7 cm³/mol. The van der Waals surface area contributed by atoms with Crippen LogP contribution >= 0.6 is 0 Å². The van der Waals surface area contributed by atoms with Gasteiger partial charge < -0.3 is 4.74 Å². The normalized spacial score (nSPS) is 16.9. The van der Waals surface area contributed by atoms with Crippen molar-refractivity contribution in [3.8, 4) is 0 Å². The smallest absolute Gasteiger partial charge is 0.211 e. The van der Waals surface area contributed by atoms with Crippen molar-refractivity contribution in [2.24, 2.45) is 11.3 Å². The maximum absolute atomic E-state index is 11.6. The summed E-state index contributed by atoms with van der Waals surface area (Å²) in [6.45, 7) is 13.6. The maximum atomic E-state index is 11.6. The van der Waals surface area contributed by atoms with Gasteiger partial charge in [0.2, 0.25) is 10.0 Å². The summed E-state index contributed by atoms with van der Waals surface area (Å²) in [6.07, 6.45) is 2.27. The van der Waals surface area contributed by atoms with E-state index in [2.05, 4.69) is 27.7 Å². The molecule has 1 unspecified atom stereocenters.